The van der Waals surface area contributed by atoms with Crippen LogP contribution in [0.25, 0.3) is 0 Å². The van der Waals surface area contributed by atoms with Gasteiger partial charge in [0.1, 0.15) is 5.75 Å². The van der Waals surface area contributed by atoms with E-state index in [0.29, 0.717) is 18.8 Å². The molecular weight excluding hydrogens is 380 g/mol. The van der Waals surface area contributed by atoms with Crippen LogP contribution < -0.4 is 4.74 Å². The topological polar surface area (TPSA) is 70.1 Å². The maximum absolute atomic E-state index is 13.0. The number of carbonyl (C=O) groups excluding carboxylic acids is 2. The number of likely N-dealkylation sites (N-methyl/N-ethyl adjacent to an activating group) is 1. The average molecular weight is 417 g/mol. The molecule has 1 aromatic rings. The van der Waals surface area contributed by atoms with Crippen LogP contribution in [0.5, 0.6) is 5.75 Å². The second-order valence-electron chi connectivity index (χ2n) is 8.45. The lowest BCUT2D eigenvalue weighted by Gasteiger charge is -2.29. The molecule has 1 heterocycles. The smallest absolute Gasteiger partial charge is 0.290 e. The van der Waals surface area contributed by atoms with E-state index >= 15 is 0 Å². The highest BCUT2D eigenvalue weighted by Crippen LogP contribution is 2.39. The molecule has 1 unspecified atom stereocenters. The molecule has 1 N–H and O–H groups in total. The van der Waals surface area contributed by atoms with Gasteiger partial charge < -0.3 is 19.6 Å². The van der Waals surface area contributed by atoms with Crippen molar-refractivity contribution >= 4 is 11.7 Å². The largest absolute Gasteiger partial charge is 0.503 e. The van der Waals surface area contributed by atoms with Crippen molar-refractivity contribution in [2.24, 2.45) is 5.92 Å². The lowest BCUT2D eigenvalue weighted by Crippen LogP contribution is -2.38. The van der Waals surface area contributed by atoms with Crippen LogP contribution in [-0.2, 0) is 9.59 Å². The van der Waals surface area contributed by atoms with Crippen LogP contribution >= 0.6 is 0 Å². The Labute approximate surface area is 180 Å². The van der Waals surface area contributed by atoms with Gasteiger partial charge in [-0.05, 0) is 50.6 Å². The molecule has 1 aliphatic heterocycles. The van der Waals surface area contributed by atoms with E-state index in [1.54, 1.807) is 4.90 Å². The van der Waals surface area contributed by atoms with Crippen LogP contribution in [-0.4, -0.2) is 58.9 Å². The van der Waals surface area contributed by atoms with Crippen LogP contribution in [0, 0.1) is 5.92 Å². The first-order valence-corrected chi connectivity index (χ1v) is 11.0. The number of benzene rings is 1. The van der Waals surface area contributed by atoms with Gasteiger partial charge in [-0.3, -0.25) is 9.59 Å². The highest BCUT2D eigenvalue weighted by molar-refractivity contribution is 6.09. The third-order valence-corrected chi connectivity index (χ3v) is 5.29. The van der Waals surface area contributed by atoms with Crippen LogP contribution in [0.4, 0.5) is 0 Å². The SMILES string of the molecule is CCN(CC)CCN1C(=O)C(O)=C(C(=O)CC(C)C)C1c1cccc(OC(C)C)c1. The lowest BCUT2D eigenvalue weighted by atomic mass is 9.92. The minimum atomic E-state index is -0.602. The van der Waals surface area contributed by atoms with Crippen LogP contribution in [0.1, 0.15) is 59.6 Å². The van der Waals surface area contributed by atoms with E-state index in [1.165, 1.54) is 0 Å². The van der Waals surface area contributed by atoms with Gasteiger partial charge in [0.2, 0.25) is 0 Å². The van der Waals surface area contributed by atoms with Gasteiger partial charge in [-0.25, -0.2) is 0 Å². The molecule has 1 atom stereocenters. The second kappa shape index (κ2) is 10.6. The minimum absolute atomic E-state index is 0.00946. The number of Topliss-reactive ketones (excluding diaryl/α,β-unsaturated/α-hetero) is 1. The number of amides is 1. The number of hydrogen-bond donors (Lipinski definition) is 1. The minimum Gasteiger partial charge on any atom is -0.503 e. The number of hydrogen-bond acceptors (Lipinski definition) is 5. The summed E-state index contributed by atoms with van der Waals surface area (Å²) in [6.45, 7) is 14.8. The Morgan fingerprint density at radius 1 is 1.20 bits per heavy atom. The summed E-state index contributed by atoms with van der Waals surface area (Å²) >= 11 is 0. The van der Waals surface area contributed by atoms with E-state index in [4.69, 9.17) is 4.74 Å². The van der Waals surface area contributed by atoms with E-state index in [2.05, 4.69) is 18.7 Å². The monoisotopic (exact) mass is 416 g/mol. The van der Waals surface area contributed by atoms with E-state index in [0.717, 1.165) is 18.7 Å². The van der Waals surface area contributed by atoms with Crippen molar-refractivity contribution in [3.8, 4) is 5.75 Å². The van der Waals surface area contributed by atoms with E-state index in [-0.39, 0.29) is 29.8 Å². The van der Waals surface area contributed by atoms with Crippen LogP contribution in [0.15, 0.2) is 35.6 Å². The Bertz CT molecular complexity index is 781. The quantitative estimate of drug-likeness (QED) is 0.587. The fourth-order valence-corrected chi connectivity index (χ4v) is 3.82. The molecule has 0 aliphatic carbocycles. The third kappa shape index (κ3) is 5.63. The molecule has 30 heavy (non-hydrogen) atoms. The summed E-state index contributed by atoms with van der Waals surface area (Å²) in [6.07, 6.45) is 0.296. The highest BCUT2D eigenvalue weighted by Gasteiger charge is 2.43. The van der Waals surface area contributed by atoms with Crippen molar-refractivity contribution in [2.45, 2.75) is 60.1 Å². The molecule has 1 amide bonds. The number of aliphatic hydroxyl groups is 1. The number of aliphatic hydroxyl groups excluding tert-OH is 1. The fraction of sp³-hybridized carbons (Fsp3) is 0.583. The Hall–Kier alpha value is -2.34. The first-order chi connectivity index (χ1) is 14.2. The predicted molar refractivity (Wildman–Crippen MR) is 119 cm³/mol. The molecular formula is C24H36N2O4. The number of ketones is 1. The summed E-state index contributed by atoms with van der Waals surface area (Å²) in [7, 11) is 0. The maximum atomic E-state index is 13.0. The first-order valence-electron chi connectivity index (χ1n) is 11.0. The zero-order valence-corrected chi connectivity index (χ0v) is 19.1. The van der Waals surface area contributed by atoms with E-state index in [1.807, 2.05) is 52.0 Å². The summed E-state index contributed by atoms with van der Waals surface area (Å²) < 4.78 is 5.82. The molecule has 0 spiro atoms. The van der Waals surface area contributed by atoms with E-state index in [9.17, 15) is 14.7 Å². The van der Waals surface area contributed by atoms with Gasteiger partial charge in [-0.2, -0.15) is 0 Å². The van der Waals surface area contributed by atoms with Crippen molar-refractivity contribution in [3.63, 3.8) is 0 Å². The Kier molecular flexibility index (Phi) is 8.47. The van der Waals surface area contributed by atoms with Crippen molar-refractivity contribution in [1.82, 2.24) is 9.80 Å². The van der Waals surface area contributed by atoms with Crippen LogP contribution in [0.2, 0.25) is 0 Å². The van der Waals surface area contributed by atoms with Crippen molar-refractivity contribution in [2.75, 3.05) is 26.2 Å². The summed E-state index contributed by atoms with van der Waals surface area (Å²) in [4.78, 5) is 29.8. The number of rotatable bonds is 11. The van der Waals surface area contributed by atoms with Gasteiger partial charge in [0.05, 0.1) is 17.7 Å². The molecule has 6 heteroatoms. The molecule has 1 aliphatic rings. The van der Waals surface area contributed by atoms with Crippen molar-refractivity contribution < 1.29 is 19.4 Å². The van der Waals surface area contributed by atoms with Gasteiger partial charge >= 0.3 is 0 Å². The third-order valence-electron chi connectivity index (χ3n) is 5.29. The molecule has 0 aromatic heterocycles. The molecule has 0 radical (unpaired) electrons. The van der Waals surface area contributed by atoms with Crippen molar-refractivity contribution in [3.05, 3.63) is 41.2 Å². The Balaban J connectivity index is 2.45. The summed E-state index contributed by atoms with van der Waals surface area (Å²) in [6, 6.07) is 6.87. The molecule has 166 valence electrons. The summed E-state index contributed by atoms with van der Waals surface area (Å²) in [5, 5.41) is 10.7. The molecule has 2 rings (SSSR count). The molecule has 6 nitrogen and oxygen atoms in total. The van der Waals surface area contributed by atoms with Crippen molar-refractivity contribution in [1.29, 1.82) is 0 Å². The zero-order chi connectivity index (χ0) is 22.4. The Morgan fingerprint density at radius 2 is 1.87 bits per heavy atom. The first kappa shape index (κ1) is 23.9. The fourth-order valence-electron chi connectivity index (χ4n) is 3.82. The molecule has 0 saturated heterocycles. The van der Waals surface area contributed by atoms with Gasteiger partial charge in [-0.1, -0.05) is 39.8 Å². The van der Waals surface area contributed by atoms with Crippen LogP contribution in [0.3, 0.4) is 0 Å². The van der Waals surface area contributed by atoms with Gasteiger partial charge in [0, 0.05) is 19.5 Å². The average Bonchev–Trinajstić information content (AvgIpc) is 2.93. The van der Waals surface area contributed by atoms with Gasteiger partial charge in [0.25, 0.3) is 5.91 Å². The summed E-state index contributed by atoms with van der Waals surface area (Å²) in [5.41, 5.74) is 0.979. The Morgan fingerprint density at radius 3 is 2.43 bits per heavy atom. The van der Waals surface area contributed by atoms with E-state index < -0.39 is 17.7 Å². The molecule has 0 fully saturated rings. The van der Waals surface area contributed by atoms with Gasteiger partial charge in [-0.15, -0.1) is 0 Å². The van der Waals surface area contributed by atoms with Gasteiger partial charge in [0.15, 0.2) is 11.5 Å². The second-order valence-corrected chi connectivity index (χ2v) is 8.45. The molecule has 0 bridgehead atoms. The highest BCUT2D eigenvalue weighted by atomic mass is 16.5. The lowest BCUT2D eigenvalue weighted by molar-refractivity contribution is -0.129. The normalized spacial score (nSPS) is 17.0. The number of carbonyl (C=O) groups is 2. The molecule has 0 saturated carbocycles. The standard InChI is InChI=1S/C24H36N2O4/c1-7-25(8-2)12-13-26-22(18-10-9-11-19(15-18)30-17(5)6)21(23(28)24(26)29)20(27)14-16(3)4/h9-11,15-17,22,28H,7-8,12-14H2,1-6H3. The number of ether oxygens (including phenoxy) is 1. The maximum Gasteiger partial charge on any atom is 0.290 e. The number of nitrogens with zero attached hydrogens (tertiary/aromatic N) is 2. The zero-order valence-electron chi connectivity index (χ0n) is 19.1. The molecule has 1 aromatic carbocycles. The summed E-state index contributed by atoms with van der Waals surface area (Å²) in [5.74, 6) is -0.259. The predicted octanol–water partition coefficient (Wildman–Crippen LogP) is 4.13.